The summed E-state index contributed by atoms with van der Waals surface area (Å²) in [5.41, 5.74) is 3.76. The summed E-state index contributed by atoms with van der Waals surface area (Å²) in [6, 6.07) is 7.65. The summed E-state index contributed by atoms with van der Waals surface area (Å²) in [7, 11) is 5.59. The number of hydrogen-bond donors (Lipinski definition) is 1. The first kappa shape index (κ1) is 26.8. The van der Waals surface area contributed by atoms with Crippen LogP contribution in [0.2, 0.25) is 0 Å². The van der Waals surface area contributed by atoms with Crippen LogP contribution in [-0.2, 0) is 4.79 Å². The number of carbonyl (C=O) groups excluding carboxylic acids is 2. The van der Waals surface area contributed by atoms with Gasteiger partial charge in [0.25, 0.3) is 5.91 Å². The molecule has 0 unspecified atom stereocenters. The molecule has 210 valence electrons. The van der Waals surface area contributed by atoms with Gasteiger partial charge < -0.3 is 19.9 Å². The zero-order chi connectivity index (χ0) is 28.0. The average molecular weight is 564 g/mol. The number of nitrogens with one attached hydrogen (secondary N) is 1. The molecule has 3 heterocycles. The first-order chi connectivity index (χ1) is 19.2. The maximum Gasteiger partial charge on any atom is 0.257 e. The van der Waals surface area contributed by atoms with E-state index in [9.17, 15) is 14.0 Å². The number of likely N-dealkylation sites (tertiary alicyclic amines) is 1. The van der Waals surface area contributed by atoms with Gasteiger partial charge in [0.1, 0.15) is 11.9 Å². The summed E-state index contributed by atoms with van der Waals surface area (Å²) in [6.07, 6.45) is 6.00. The maximum absolute atomic E-state index is 13.4. The van der Waals surface area contributed by atoms with Crippen LogP contribution < -0.4 is 10.1 Å². The Morgan fingerprint density at radius 2 is 1.95 bits per heavy atom. The highest BCUT2D eigenvalue weighted by Crippen LogP contribution is 2.49. The summed E-state index contributed by atoms with van der Waals surface area (Å²) in [4.78, 5) is 39.9. The fraction of sp³-hybridized carbons (Fsp3) is 0.467. The van der Waals surface area contributed by atoms with Crippen LogP contribution >= 0.6 is 11.3 Å². The highest BCUT2D eigenvalue weighted by molar-refractivity contribution is 7.14. The largest absolute Gasteiger partial charge is 0.496 e. The Bertz CT molecular complexity index is 1420. The first-order valence-electron chi connectivity index (χ1n) is 13.7. The lowest BCUT2D eigenvalue weighted by atomic mass is 9.60. The lowest BCUT2D eigenvalue weighted by molar-refractivity contribution is -0.118. The van der Waals surface area contributed by atoms with E-state index in [1.807, 2.05) is 35.5 Å². The van der Waals surface area contributed by atoms with Gasteiger partial charge >= 0.3 is 0 Å². The molecule has 1 saturated heterocycles. The molecule has 0 radical (unpaired) electrons. The van der Waals surface area contributed by atoms with Crippen LogP contribution in [0.4, 0.5) is 10.1 Å². The summed E-state index contributed by atoms with van der Waals surface area (Å²) in [5.74, 6) is 0.506. The number of aromatic nitrogens is 2. The molecule has 40 heavy (non-hydrogen) atoms. The summed E-state index contributed by atoms with van der Waals surface area (Å²) in [5, 5.41) is 4.78. The van der Waals surface area contributed by atoms with Gasteiger partial charge in [-0.15, -0.1) is 11.3 Å². The minimum absolute atomic E-state index is 0.0363. The zero-order valence-corrected chi connectivity index (χ0v) is 23.8. The van der Waals surface area contributed by atoms with E-state index in [-0.39, 0.29) is 23.8 Å². The van der Waals surface area contributed by atoms with Gasteiger partial charge in [0.15, 0.2) is 0 Å². The molecule has 3 aromatic rings. The molecule has 1 aromatic carbocycles. The normalized spacial score (nSPS) is 21.7. The number of nitrogens with zero attached hydrogens (tertiary/aromatic N) is 4. The van der Waals surface area contributed by atoms with Crippen molar-refractivity contribution in [1.82, 2.24) is 19.8 Å². The lowest BCUT2D eigenvalue weighted by Crippen LogP contribution is -2.65. The molecular formula is C30H34FN5O3S. The molecule has 2 aliphatic carbocycles. The van der Waals surface area contributed by atoms with Crippen LogP contribution in [0.1, 0.15) is 42.5 Å². The van der Waals surface area contributed by atoms with E-state index in [1.54, 1.807) is 25.6 Å². The van der Waals surface area contributed by atoms with Crippen LogP contribution in [0.3, 0.4) is 0 Å². The summed E-state index contributed by atoms with van der Waals surface area (Å²) in [6.45, 7) is 2.24. The molecule has 2 saturated carbocycles. The number of amides is 2. The molecule has 1 N–H and O–H groups in total. The van der Waals surface area contributed by atoms with Gasteiger partial charge in [-0.1, -0.05) is 6.07 Å². The van der Waals surface area contributed by atoms with Gasteiger partial charge in [0, 0.05) is 43.5 Å². The van der Waals surface area contributed by atoms with Gasteiger partial charge in [0.2, 0.25) is 5.91 Å². The average Bonchev–Trinajstić information content (AvgIpc) is 3.36. The van der Waals surface area contributed by atoms with Gasteiger partial charge in [-0.05, 0) is 62.3 Å². The van der Waals surface area contributed by atoms with Crippen LogP contribution in [0, 0.1) is 11.3 Å². The number of methoxy groups -OCH3 is 1. The molecule has 1 aliphatic heterocycles. The van der Waals surface area contributed by atoms with Crippen molar-refractivity contribution in [2.45, 2.75) is 44.3 Å². The SMILES string of the molecule is COc1cc(-c2cncc(-c3cc(NC(=O)CC4CC(F)C4)cs3)n2)ccc1C(=O)N(C)C1CC2(C1)CN(C)C2. The topological polar surface area (TPSA) is 87.7 Å². The third-order valence-corrected chi connectivity index (χ3v) is 9.52. The minimum atomic E-state index is -0.760. The van der Waals surface area contributed by atoms with Crippen molar-refractivity contribution in [1.29, 1.82) is 0 Å². The molecule has 6 rings (SSSR count). The lowest BCUT2D eigenvalue weighted by Gasteiger charge is -2.59. The monoisotopic (exact) mass is 563 g/mol. The van der Waals surface area contributed by atoms with Gasteiger partial charge in [-0.2, -0.15) is 0 Å². The van der Waals surface area contributed by atoms with E-state index in [0.717, 1.165) is 36.4 Å². The molecule has 10 heteroatoms. The second-order valence-electron chi connectivity index (χ2n) is 11.7. The first-order valence-corrected chi connectivity index (χ1v) is 14.6. The predicted molar refractivity (Wildman–Crippen MR) is 153 cm³/mol. The van der Waals surface area contributed by atoms with Crippen LogP contribution in [-0.4, -0.2) is 78.1 Å². The third kappa shape index (κ3) is 5.22. The standard InChI is InChI=1S/C30H34FN5O3S/c1-35-16-30(17-35)11-22(12-30)36(2)29(38)23-5-4-19(9-26(23)39-3)24-13-32-14-25(34-24)27-10-21(15-40-27)33-28(37)8-18-6-20(31)7-18/h4-5,9-10,13-15,18,20,22H,6-8,11-12,16-17H2,1-3H3,(H,33,37). The number of ether oxygens (including phenoxy) is 1. The molecule has 2 aromatic heterocycles. The molecule has 0 atom stereocenters. The predicted octanol–water partition coefficient (Wildman–Crippen LogP) is 5.12. The zero-order valence-electron chi connectivity index (χ0n) is 23.0. The van der Waals surface area contributed by atoms with Crippen molar-refractivity contribution in [2.24, 2.45) is 11.3 Å². The van der Waals surface area contributed by atoms with Crippen molar-refractivity contribution >= 4 is 28.8 Å². The number of benzene rings is 1. The fourth-order valence-corrected chi connectivity index (χ4v) is 7.20. The number of anilines is 1. The van der Waals surface area contributed by atoms with Crippen LogP contribution in [0.15, 0.2) is 42.0 Å². The number of thiophene rings is 1. The van der Waals surface area contributed by atoms with E-state index in [4.69, 9.17) is 9.72 Å². The highest BCUT2D eigenvalue weighted by atomic mass is 32.1. The van der Waals surface area contributed by atoms with E-state index >= 15 is 0 Å². The summed E-state index contributed by atoms with van der Waals surface area (Å²) >= 11 is 1.47. The number of carbonyl (C=O) groups is 2. The number of hydrogen-bond acceptors (Lipinski definition) is 7. The second-order valence-corrected chi connectivity index (χ2v) is 12.7. The van der Waals surface area contributed by atoms with Gasteiger partial charge in [0.05, 0.1) is 47.0 Å². The van der Waals surface area contributed by atoms with Crippen molar-refractivity contribution in [3.8, 4) is 27.6 Å². The minimum Gasteiger partial charge on any atom is -0.496 e. The Morgan fingerprint density at radius 1 is 1.20 bits per heavy atom. The van der Waals surface area contributed by atoms with E-state index in [2.05, 4.69) is 22.2 Å². The van der Waals surface area contributed by atoms with Gasteiger partial charge in [-0.25, -0.2) is 9.37 Å². The van der Waals surface area contributed by atoms with Crippen molar-refractivity contribution < 1.29 is 18.7 Å². The van der Waals surface area contributed by atoms with Crippen LogP contribution in [0.5, 0.6) is 5.75 Å². The quantitative estimate of drug-likeness (QED) is 0.409. The fourth-order valence-electron chi connectivity index (χ4n) is 6.41. The van der Waals surface area contributed by atoms with E-state index in [1.165, 1.54) is 11.3 Å². The molecule has 3 fully saturated rings. The second kappa shape index (κ2) is 10.6. The number of halogens is 1. The van der Waals surface area contributed by atoms with Crippen molar-refractivity contribution in [2.75, 3.05) is 39.6 Å². The van der Waals surface area contributed by atoms with E-state index < -0.39 is 6.17 Å². The molecule has 1 spiro atoms. The molecular weight excluding hydrogens is 529 g/mol. The Balaban J connectivity index is 1.13. The third-order valence-electron chi connectivity index (χ3n) is 8.57. The smallest absolute Gasteiger partial charge is 0.257 e. The Kier molecular flexibility index (Phi) is 7.08. The molecule has 2 amide bonds. The Morgan fingerprint density at radius 3 is 2.65 bits per heavy atom. The Hall–Kier alpha value is -3.37. The molecule has 0 bridgehead atoms. The molecule has 8 nitrogen and oxygen atoms in total. The van der Waals surface area contributed by atoms with Crippen molar-refractivity contribution in [3.05, 3.63) is 47.6 Å². The highest BCUT2D eigenvalue weighted by Gasteiger charge is 2.52. The molecule has 3 aliphatic rings. The number of rotatable bonds is 8. The summed E-state index contributed by atoms with van der Waals surface area (Å²) < 4.78 is 18.7. The van der Waals surface area contributed by atoms with E-state index in [0.29, 0.717) is 53.1 Å². The van der Waals surface area contributed by atoms with Gasteiger partial charge in [-0.3, -0.25) is 14.6 Å². The maximum atomic E-state index is 13.4. The van der Waals surface area contributed by atoms with Crippen LogP contribution in [0.25, 0.3) is 21.8 Å². The van der Waals surface area contributed by atoms with Crippen molar-refractivity contribution in [3.63, 3.8) is 0 Å². The number of alkyl halides is 1. The Labute approximate surface area is 237 Å².